The minimum absolute atomic E-state index is 0.296. The Hall–Kier alpha value is -2.54. The van der Waals surface area contributed by atoms with Gasteiger partial charge in [0.25, 0.3) is 5.56 Å². The molecule has 2 aliphatic rings. The van der Waals surface area contributed by atoms with Crippen LogP contribution in [-0.4, -0.2) is 14.8 Å². The van der Waals surface area contributed by atoms with Crippen LogP contribution in [0.3, 0.4) is 0 Å². The molecule has 0 fully saturated rings. The monoisotopic (exact) mass is 303 g/mol. The summed E-state index contributed by atoms with van der Waals surface area (Å²) < 4.78 is 28.0. The molecule has 7 heteroatoms. The molecule has 104 valence electrons. The zero-order chi connectivity index (χ0) is 14.6. The van der Waals surface area contributed by atoms with Crippen LogP contribution < -0.4 is 5.56 Å². The molecule has 0 bridgehead atoms. The maximum absolute atomic E-state index is 13.5. The SMILES string of the molecule is O=c1c2c[nH]c3cc(F)c(F)cc3c-2nn1-c1cccs1. The van der Waals surface area contributed by atoms with E-state index >= 15 is 0 Å². The summed E-state index contributed by atoms with van der Waals surface area (Å²) in [5.74, 6) is -1.92. The summed E-state index contributed by atoms with van der Waals surface area (Å²) in [5.41, 5.74) is 0.774. The number of rotatable bonds is 1. The number of benzene rings is 1. The maximum Gasteiger partial charge on any atom is 0.283 e. The predicted molar refractivity (Wildman–Crippen MR) is 76.1 cm³/mol. The van der Waals surface area contributed by atoms with E-state index in [1.54, 1.807) is 6.07 Å². The number of aromatic amines is 1. The Labute approximate surface area is 120 Å². The lowest BCUT2D eigenvalue weighted by atomic mass is 10.1. The van der Waals surface area contributed by atoms with E-state index in [0.717, 1.165) is 12.1 Å². The number of pyridine rings is 1. The molecular weight excluding hydrogens is 296 g/mol. The highest BCUT2D eigenvalue weighted by atomic mass is 32.1. The molecule has 2 aromatic rings. The van der Waals surface area contributed by atoms with Crippen molar-refractivity contribution in [2.75, 3.05) is 0 Å². The van der Waals surface area contributed by atoms with Gasteiger partial charge in [-0.2, -0.15) is 9.78 Å². The van der Waals surface area contributed by atoms with Crippen LogP contribution in [0.1, 0.15) is 0 Å². The van der Waals surface area contributed by atoms with Gasteiger partial charge in [-0.05, 0) is 23.6 Å². The van der Waals surface area contributed by atoms with Crippen molar-refractivity contribution >= 4 is 22.2 Å². The van der Waals surface area contributed by atoms with Crippen LogP contribution in [-0.2, 0) is 0 Å². The van der Waals surface area contributed by atoms with Gasteiger partial charge in [-0.25, -0.2) is 8.78 Å². The summed E-state index contributed by atoms with van der Waals surface area (Å²) in [7, 11) is 0. The van der Waals surface area contributed by atoms with Gasteiger partial charge >= 0.3 is 0 Å². The number of thiophene rings is 1. The van der Waals surface area contributed by atoms with Gasteiger partial charge in [0.1, 0.15) is 10.7 Å². The lowest BCUT2D eigenvalue weighted by Gasteiger charge is -2.03. The van der Waals surface area contributed by atoms with E-state index in [4.69, 9.17) is 0 Å². The minimum atomic E-state index is -0.971. The first-order valence-electron chi connectivity index (χ1n) is 6.08. The highest BCUT2D eigenvalue weighted by Gasteiger charge is 2.20. The van der Waals surface area contributed by atoms with Gasteiger partial charge < -0.3 is 4.98 Å². The molecule has 0 aliphatic carbocycles. The number of hydrogen-bond donors (Lipinski definition) is 1. The molecular formula is C14H7F2N3OS. The Morgan fingerprint density at radius 3 is 2.81 bits per heavy atom. The van der Waals surface area contributed by atoms with Crippen LogP contribution in [0.5, 0.6) is 0 Å². The summed E-state index contributed by atoms with van der Waals surface area (Å²) in [4.78, 5) is 15.1. The van der Waals surface area contributed by atoms with Crippen molar-refractivity contribution in [3.63, 3.8) is 0 Å². The summed E-state index contributed by atoms with van der Waals surface area (Å²) in [6.07, 6.45) is 1.47. The number of nitrogens with zero attached hydrogens (tertiary/aromatic N) is 2. The smallest absolute Gasteiger partial charge is 0.283 e. The number of hydrogen-bond acceptors (Lipinski definition) is 3. The number of aromatic nitrogens is 3. The van der Waals surface area contributed by atoms with Gasteiger partial charge in [0.2, 0.25) is 0 Å². The highest BCUT2D eigenvalue weighted by molar-refractivity contribution is 7.12. The van der Waals surface area contributed by atoms with Gasteiger partial charge in [0.05, 0.1) is 11.1 Å². The molecule has 0 saturated heterocycles. The Morgan fingerprint density at radius 2 is 2.05 bits per heavy atom. The summed E-state index contributed by atoms with van der Waals surface area (Å²) in [6.45, 7) is 0. The van der Waals surface area contributed by atoms with E-state index in [-0.39, 0.29) is 5.56 Å². The van der Waals surface area contributed by atoms with Crippen LogP contribution in [0.2, 0.25) is 0 Å². The normalized spacial score (nSPS) is 11.5. The topological polar surface area (TPSA) is 50.7 Å². The van der Waals surface area contributed by atoms with Gasteiger partial charge in [-0.1, -0.05) is 0 Å². The van der Waals surface area contributed by atoms with Crippen molar-refractivity contribution in [1.82, 2.24) is 14.8 Å². The fourth-order valence-corrected chi connectivity index (χ4v) is 2.97. The van der Waals surface area contributed by atoms with E-state index in [9.17, 15) is 13.6 Å². The Kier molecular flexibility index (Phi) is 2.46. The zero-order valence-corrected chi connectivity index (χ0v) is 11.2. The molecule has 4 nitrogen and oxygen atoms in total. The number of nitrogens with one attached hydrogen (secondary N) is 1. The molecule has 0 radical (unpaired) electrons. The molecule has 0 unspecified atom stereocenters. The van der Waals surface area contributed by atoms with Gasteiger partial charge in [-0.3, -0.25) is 4.79 Å². The molecule has 3 heterocycles. The molecule has 4 rings (SSSR count). The van der Waals surface area contributed by atoms with Crippen LogP contribution >= 0.6 is 11.3 Å². The number of halogens is 2. The molecule has 21 heavy (non-hydrogen) atoms. The average molecular weight is 303 g/mol. The average Bonchev–Trinajstić information content (AvgIpc) is 3.08. The van der Waals surface area contributed by atoms with Crippen LogP contribution in [0, 0.1) is 11.6 Å². The number of H-pyrrole nitrogens is 1. The number of fused-ring (bicyclic) bond motifs is 3. The molecule has 0 atom stereocenters. The van der Waals surface area contributed by atoms with Crippen LogP contribution in [0.4, 0.5) is 8.78 Å². The van der Waals surface area contributed by atoms with Crippen molar-refractivity contribution in [2.24, 2.45) is 0 Å². The Balaban J connectivity index is 2.12. The van der Waals surface area contributed by atoms with Gasteiger partial charge in [0, 0.05) is 17.6 Å². The van der Waals surface area contributed by atoms with E-state index < -0.39 is 11.6 Å². The first-order valence-corrected chi connectivity index (χ1v) is 6.96. The summed E-state index contributed by atoms with van der Waals surface area (Å²) in [5, 5.41) is 7.14. The Bertz CT molecular complexity index is 988. The standard InChI is InChI=1S/C14H7F2N3OS/c15-9-4-7-11(5-10(9)16)17-6-8-13(7)18-19(14(8)20)12-2-1-3-21-12/h1-6,17H. The van der Waals surface area contributed by atoms with Crippen molar-refractivity contribution < 1.29 is 8.78 Å². The Morgan fingerprint density at radius 1 is 1.24 bits per heavy atom. The lowest BCUT2D eigenvalue weighted by Crippen LogP contribution is -2.13. The van der Waals surface area contributed by atoms with Crippen LogP contribution in [0.25, 0.3) is 27.2 Å². The molecule has 0 amide bonds. The summed E-state index contributed by atoms with van der Waals surface area (Å²) >= 11 is 1.37. The molecule has 0 saturated carbocycles. The van der Waals surface area contributed by atoms with E-state index in [0.29, 0.717) is 27.2 Å². The molecule has 2 aliphatic heterocycles. The van der Waals surface area contributed by atoms with Crippen molar-refractivity contribution in [2.45, 2.75) is 0 Å². The third kappa shape index (κ3) is 1.71. The van der Waals surface area contributed by atoms with Crippen LogP contribution in [0.15, 0.2) is 40.6 Å². The first kappa shape index (κ1) is 12.2. The third-order valence-corrected chi connectivity index (χ3v) is 4.12. The zero-order valence-electron chi connectivity index (χ0n) is 10.4. The van der Waals surface area contributed by atoms with Crippen molar-refractivity contribution in [1.29, 1.82) is 0 Å². The second-order valence-electron chi connectivity index (χ2n) is 4.53. The van der Waals surface area contributed by atoms with Crippen molar-refractivity contribution in [3.05, 3.63) is 57.8 Å². The van der Waals surface area contributed by atoms with Gasteiger partial charge in [0.15, 0.2) is 11.6 Å². The minimum Gasteiger partial charge on any atom is -0.360 e. The fourth-order valence-electron chi connectivity index (χ4n) is 2.30. The molecule has 1 aromatic heterocycles. The molecule has 1 aromatic carbocycles. The predicted octanol–water partition coefficient (Wildman–Crippen LogP) is 3.16. The highest BCUT2D eigenvalue weighted by Crippen LogP contribution is 2.28. The third-order valence-electron chi connectivity index (χ3n) is 3.28. The quantitative estimate of drug-likeness (QED) is 0.587. The second-order valence-corrected chi connectivity index (χ2v) is 5.46. The van der Waals surface area contributed by atoms with E-state index in [1.165, 1.54) is 22.2 Å². The largest absolute Gasteiger partial charge is 0.360 e. The second kappa shape index (κ2) is 4.23. The summed E-state index contributed by atoms with van der Waals surface area (Å²) in [6, 6.07) is 5.68. The van der Waals surface area contributed by atoms with E-state index in [2.05, 4.69) is 10.1 Å². The van der Waals surface area contributed by atoms with E-state index in [1.807, 2.05) is 11.4 Å². The molecule has 1 N–H and O–H groups in total. The van der Waals surface area contributed by atoms with Crippen molar-refractivity contribution in [3.8, 4) is 16.3 Å². The van der Waals surface area contributed by atoms with Gasteiger partial charge in [-0.15, -0.1) is 11.3 Å². The fraction of sp³-hybridized carbons (Fsp3) is 0. The maximum atomic E-state index is 13.5. The molecule has 0 spiro atoms. The lowest BCUT2D eigenvalue weighted by molar-refractivity contribution is 0.510. The first-order chi connectivity index (χ1) is 10.1.